The van der Waals surface area contributed by atoms with Gasteiger partial charge in [0, 0.05) is 17.1 Å². The van der Waals surface area contributed by atoms with Crippen molar-refractivity contribution in [1.82, 2.24) is 4.90 Å². The first kappa shape index (κ1) is 14.4. The average molecular weight is 293 g/mol. The van der Waals surface area contributed by atoms with Crippen molar-refractivity contribution in [3.63, 3.8) is 0 Å². The third-order valence-electron chi connectivity index (χ3n) is 4.90. The Bertz CT molecular complexity index is 470. The molecule has 2 aliphatic rings. The highest BCUT2D eigenvalue weighted by atomic mass is 35.5. The van der Waals surface area contributed by atoms with Crippen molar-refractivity contribution in [3.05, 3.63) is 34.3 Å². The molecule has 20 heavy (non-hydrogen) atoms. The smallest absolute Gasteiger partial charge is 0.0438 e. The van der Waals surface area contributed by atoms with E-state index in [-0.39, 0.29) is 0 Å². The first-order valence-electron chi connectivity index (χ1n) is 7.92. The van der Waals surface area contributed by atoms with Crippen LogP contribution in [0.15, 0.2) is 18.2 Å². The zero-order chi connectivity index (χ0) is 14.1. The molecular formula is C17H25ClN2. The van der Waals surface area contributed by atoms with E-state index in [9.17, 15) is 0 Å². The predicted molar refractivity (Wildman–Crippen MR) is 85.1 cm³/mol. The second-order valence-corrected chi connectivity index (χ2v) is 6.82. The Morgan fingerprint density at radius 1 is 1.25 bits per heavy atom. The molecule has 0 amide bonds. The van der Waals surface area contributed by atoms with Crippen molar-refractivity contribution in [2.45, 2.75) is 51.1 Å². The number of rotatable bonds is 3. The van der Waals surface area contributed by atoms with Crippen LogP contribution in [-0.4, -0.2) is 24.0 Å². The molecule has 2 nitrogen and oxygen atoms in total. The van der Waals surface area contributed by atoms with E-state index in [1.165, 1.54) is 44.2 Å². The van der Waals surface area contributed by atoms with Gasteiger partial charge in [-0.2, -0.15) is 0 Å². The number of aryl methyl sites for hydroxylation is 1. The molecule has 1 aromatic carbocycles. The Labute approximate surface area is 127 Å². The SMILES string of the molecule is Cc1ccc(C2C(CN)CCCCN2C2CC2)cc1Cl. The molecule has 2 fully saturated rings. The molecule has 3 heteroatoms. The Hall–Kier alpha value is -0.570. The maximum atomic E-state index is 6.36. The summed E-state index contributed by atoms with van der Waals surface area (Å²) in [6.07, 6.45) is 6.57. The molecule has 1 aromatic rings. The normalized spacial score (nSPS) is 28.4. The van der Waals surface area contributed by atoms with E-state index in [0.29, 0.717) is 12.0 Å². The number of nitrogens with two attached hydrogens (primary N) is 1. The van der Waals surface area contributed by atoms with Crippen LogP contribution in [0.2, 0.25) is 5.02 Å². The molecule has 110 valence electrons. The van der Waals surface area contributed by atoms with Crippen LogP contribution in [0.5, 0.6) is 0 Å². The fraction of sp³-hybridized carbons (Fsp3) is 0.647. The molecule has 0 aromatic heterocycles. The van der Waals surface area contributed by atoms with Crippen LogP contribution in [0.4, 0.5) is 0 Å². The summed E-state index contributed by atoms with van der Waals surface area (Å²) in [5, 5.41) is 0.887. The molecule has 1 aliphatic heterocycles. The van der Waals surface area contributed by atoms with Gasteiger partial charge >= 0.3 is 0 Å². The van der Waals surface area contributed by atoms with Gasteiger partial charge in [-0.25, -0.2) is 0 Å². The van der Waals surface area contributed by atoms with Crippen LogP contribution in [0, 0.1) is 12.8 Å². The summed E-state index contributed by atoms with van der Waals surface area (Å²) in [7, 11) is 0. The lowest BCUT2D eigenvalue weighted by atomic mass is 9.88. The van der Waals surface area contributed by atoms with E-state index in [4.69, 9.17) is 17.3 Å². The standard InChI is InChI=1S/C17H25ClN2/c1-12-5-6-13(10-16(12)18)17-14(11-19)4-2-3-9-20(17)15-7-8-15/h5-6,10,14-15,17H,2-4,7-9,11,19H2,1H3. The molecular weight excluding hydrogens is 268 g/mol. The fourth-order valence-corrected chi connectivity index (χ4v) is 3.78. The van der Waals surface area contributed by atoms with Crippen LogP contribution in [0.25, 0.3) is 0 Å². The van der Waals surface area contributed by atoms with Crippen molar-refractivity contribution in [1.29, 1.82) is 0 Å². The van der Waals surface area contributed by atoms with Crippen molar-refractivity contribution in [2.75, 3.05) is 13.1 Å². The number of benzene rings is 1. The van der Waals surface area contributed by atoms with Crippen molar-refractivity contribution < 1.29 is 0 Å². The maximum Gasteiger partial charge on any atom is 0.0438 e. The van der Waals surface area contributed by atoms with Gasteiger partial charge in [-0.15, -0.1) is 0 Å². The maximum absolute atomic E-state index is 6.36. The molecule has 0 bridgehead atoms. The van der Waals surface area contributed by atoms with Crippen molar-refractivity contribution >= 4 is 11.6 Å². The summed E-state index contributed by atoms with van der Waals surface area (Å²) < 4.78 is 0. The van der Waals surface area contributed by atoms with E-state index in [0.717, 1.165) is 23.2 Å². The van der Waals surface area contributed by atoms with Gasteiger partial charge in [0.1, 0.15) is 0 Å². The van der Waals surface area contributed by atoms with Gasteiger partial charge in [0.05, 0.1) is 0 Å². The van der Waals surface area contributed by atoms with E-state index in [2.05, 4.69) is 30.0 Å². The highest BCUT2D eigenvalue weighted by Gasteiger charge is 2.38. The van der Waals surface area contributed by atoms with Crippen LogP contribution < -0.4 is 5.73 Å². The van der Waals surface area contributed by atoms with Gasteiger partial charge in [-0.3, -0.25) is 4.90 Å². The van der Waals surface area contributed by atoms with Crippen LogP contribution >= 0.6 is 11.6 Å². The first-order chi connectivity index (χ1) is 9.70. The number of hydrogen-bond donors (Lipinski definition) is 1. The monoisotopic (exact) mass is 292 g/mol. The van der Waals surface area contributed by atoms with Crippen LogP contribution in [0.1, 0.15) is 49.3 Å². The molecule has 2 N–H and O–H groups in total. The molecule has 1 saturated carbocycles. The summed E-state index contributed by atoms with van der Waals surface area (Å²) in [5.41, 5.74) is 8.62. The first-order valence-corrected chi connectivity index (χ1v) is 8.30. The van der Waals surface area contributed by atoms with Crippen molar-refractivity contribution in [3.8, 4) is 0 Å². The molecule has 1 heterocycles. The Kier molecular flexibility index (Phi) is 4.34. The molecule has 1 saturated heterocycles. The van der Waals surface area contributed by atoms with Crippen LogP contribution in [-0.2, 0) is 0 Å². The summed E-state index contributed by atoms with van der Waals surface area (Å²) in [5.74, 6) is 0.567. The molecule has 0 radical (unpaired) electrons. The van der Waals surface area contributed by atoms with Crippen molar-refractivity contribution in [2.24, 2.45) is 11.7 Å². The number of likely N-dealkylation sites (tertiary alicyclic amines) is 1. The lowest BCUT2D eigenvalue weighted by molar-refractivity contribution is 0.149. The highest BCUT2D eigenvalue weighted by Crippen LogP contribution is 2.42. The van der Waals surface area contributed by atoms with E-state index in [1.54, 1.807) is 0 Å². The average Bonchev–Trinajstić information content (AvgIpc) is 3.26. The third kappa shape index (κ3) is 2.88. The molecule has 3 rings (SSSR count). The van der Waals surface area contributed by atoms with E-state index < -0.39 is 0 Å². The quantitative estimate of drug-likeness (QED) is 0.915. The fourth-order valence-electron chi connectivity index (χ4n) is 3.59. The van der Waals surface area contributed by atoms with E-state index in [1.807, 2.05) is 0 Å². The third-order valence-corrected chi connectivity index (χ3v) is 5.31. The summed E-state index contributed by atoms with van der Waals surface area (Å²) >= 11 is 6.36. The Morgan fingerprint density at radius 3 is 2.70 bits per heavy atom. The summed E-state index contributed by atoms with van der Waals surface area (Å²) in [6.45, 7) is 4.06. The minimum atomic E-state index is 0.466. The van der Waals surface area contributed by atoms with Gasteiger partial charge in [0.15, 0.2) is 0 Å². The van der Waals surface area contributed by atoms with Gasteiger partial charge < -0.3 is 5.73 Å². The minimum Gasteiger partial charge on any atom is -0.330 e. The lowest BCUT2D eigenvalue weighted by Gasteiger charge is -2.35. The van der Waals surface area contributed by atoms with Gasteiger partial charge in [0.2, 0.25) is 0 Å². The van der Waals surface area contributed by atoms with Gasteiger partial charge in [-0.05, 0) is 68.8 Å². The molecule has 2 unspecified atom stereocenters. The molecule has 2 atom stereocenters. The van der Waals surface area contributed by atoms with Crippen LogP contribution in [0.3, 0.4) is 0 Å². The Morgan fingerprint density at radius 2 is 2.05 bits per heavy atom. The zero-order valence-corrected chi connectivity index (χ0v) is 13.1. The number of nitrogens with zero attached hydrogens (tertiary/aromatic N) is 1. The highest BCUT2D eigenvalue weighted by molar-refractivity contribution is 6.31. The zero-order valence-electron chi connectivity index (χ0n) is 12.3. The summed E-state index contributed by atoms with van der Waals surface area (Å²) in [6, 6.07) is 7.83. The second-order valence-electron chi connectivity index (χ2n) is 6.41. The predicted octanol–water partition coefficient (Wildman–Crippen LogP) is 3.91. The minimum absolute atomic E-state index is 0.466. The largest absolute Gasteiger partial charge is 0.330 e. The molecule has 0 spiro atoms. The number of halogens is 1. The van der Waals surface area contributed by atoms with E-state index >= 15 is 0 Å². The summed E-state index contributed by atoms with van der Waals surface area (Å²) in [4.78, 5) is 2.71. The number of hydrogen-bond acceptors (Lipinski definition) is 2. The van der Waals surface area contributed by atoms with Gasteiger partial charge in [0.25, 0.3) is 0 Å². The Balaban J connectivity index is 1.95. The topological polar surface area (TPSA) is 29.3 Å². The molecule has 1 aliphatic carbocycles. The lowest BCUT2D eigenvalue weighted by Crippen LogP contribution is -2.37. The van der Waals surface area contributed by atoms with Gasteiger partial charge in [-0.1, -0.05) is 30.2 Å². The second kappa shape index (κ2) is 6.05.